The molecule has 1 aliphatic heterocycles. The monoisotopic (exact) mass is 486 g/mol. The Hall–Kier alpha value is -2.42. The van der Waals surface area contributed by atoms with E-state index in [-0.39, 0.29) is 0 Å². The topological polar surface area (TPSA) is 105 Å². The van der Waals surface area contributed by atoms with Gasteiger partial charge in [-0.25, -0.2) is 0 Å². The van der Waals surface area contributed by atoms with Crippen molar-refractivity contribution in [1.29, 1.82) is 0 Å². The van der Waals surface area contributed by atoms with Gasteiger partial charge in [0.05, 0.1) is 24.0 Å². The molecule has 0 spiro atoms. The molecule has 34 heavy (non-hydrogen) atoms. The first kappa shape index (κ1) is 23.3. The Kier molecular flexibility index (Phi) is 6.90. The number of aliphatic hydroxyl groups is 2. The van der Waals surface area contributed by atoms with E-state index in [1.807, 2.05) is 18.2 Å². The molecule has 1 aromatic carbocycles. The van der Waals surface area contributed by atoms with Gasteiger partial charge in [-0.15, -0.1) is 10.2 Å². The summed E-state index contributed by atoms with van der Waals surface area (Å²) in [4.78, 5) is 2.25. The van der Waals surface area contributed by atoms with E-state index in [2.05, 4.69) is 20.3 Å². The lowest BCUT2D eigenvalue weighted by molar-refractivity contribution is 0.0288. The number of anilines is 1. The van der Waals surface area contributed by atoms with E-state index in [1.165, 1.54) is 12.8 Å². The zero-order valence-corrected chi connectivity index (χ0v) is 20.1. The number of aliphatic hydroxyl groups excluding tert-OH is 2. The minimum Gasteiger partial charge on any atom is -0.493 e. The van der Waals surface area contributed by atoms with Gasteiger partial charge in [0.2, 0.25) is 0 Å². The van der Waals surface area contributed by atoms with Gasteiger partial charge < -0.3 is 24.4 Å². The molecule has 1 aliphatic carbocycles. The molecular weight excluding hydrogens is 456 g/mol. The SMILES string of the molecule is CC(O)C(O)c1c(OCC2CC2)ccc2c(CCC3CCN(c4ccc(Cl)nn4)CC3)noc12. The van der Waals surface area contributed by atoms with Crippen LogP contribution in [-0.2, 0) is 6.42 Å². The first-order valence-electron chi connectivity index (χ1n) is 12.1. The maximum atomic E-state index is 10.7. The smallest absolute Gasteiger partial charge is 0.176 e. The fourth-order valence-electron chi connectivity index (χ4n) is 4.65. The second-order valence-corrected chi connectivity index (χ2v) is 9.99. The summed E-state index contributed by atoms with van der Waals surface area (Å²) >= 11 is 5.85. The summed E-state index contributed by atoms with van der Waals surface area (Å²) in [5.41, 5.74) is 1.88. The molecule has 0 bridgehead atoms. The summed E-state index contributed by atoms with van der Waals surface area (Å²) < 4.78 is 11.7. The molecule has 2 aromatic heterocycles. The number of benzene rings is 1. The predicted molar refractivity (Wildman–Crippen MR) is 129 cm³/mol. The Balaban J connectivity index is 1.25. The van der Waals surface area contributed by atoms with Gasteiger partial charge in [-0.2, -0.15) is 0 Å². The first-order chi connectivity index (χ1) is 16.5. The number of aryl methyl sites for hydroxylation is 1. The highest BCUT2D eigenvalue weighted by atomic mass is 35.5. The van der Waals surface area contributed by atoms with Crippen molar-refractivity contribution in [2.24, 2.45) is 11.8 Å². The van der Waals surface area contributed by atoms with Crippen molar-refractivity contribution >= 4 is 28.4 Å². The van der Waals surface area contributed by atoms with Gasteiger partial charge in [0.25, 0.3) is 0 Å². The number of hydrogen-bond acceptors (Lipinski definition) is 8. The van der Waals surface area contributed by atoms with E-state index in [0.717, 1.165) is 55.7 Å². The van der Waals surface area contributed by atoms with E-state index in [0.29, 0.717) is 40.5 Å². The summed E-state index contributed by atoms with van der Waals surface area (Å²) in [5.74, 6) is 2.60. The number of fused-ring (bicyclic) bond motifs is 1. The van der Waals surface area contributed by atoms with Crippen LogP contribution in [0.25, 0.3) is 11.0 Å². The van der Waals surface area contributed by atoms with E-state index in [4.69, 9.17) is 20.9 Å². The molecule has 0 amide bonds. The summed E-state index contributed by atoms with van der Waals surface area (Å²) in [5, 5.41) is 34.5. The maximum Gasteiger partial charge on any atom is 0.176 e. The van der Waals surface area contributed by atoms with Crippen LogP contribution in [0.15, 0.2) is 28.8 Å². The van der Waals surface area contributed by atoms with Crippen LogP contribution < -0.4 is 9.64 Å². The Morgan fingerprint density at radius 3 is 2.56 bits per heavy atom. The van der Waals surface area contributed by atoms with E-state index < -0.39 is 12.2 Å². The highest BCUT2D eigenvalue weighted by Gasteiger charge is 2.28. The molecule has 2 atom stereocenters. The summed E-state index contributed by atoms with van der Waals surface area (Å²) in [6, 6.07) is 7.53. The molecule has 1 saturated carbocycles. The standard InChI is InChI=1S/C25H31ClN4O4/c1-15(31)24(32)23-20(33-14-17-2-3-17)7-5-18-19(29-34-25(18)23)6-4-16-10-12-30(13-11-16)22-9-8-21(26)27-28-22/h5,7-9,15-17,24,31-32H,2-4,6,10-14H2,1H3. The van der Waals surface area contributed by atoms with Crippen molar-refractivity contribution in [3.8, 4) is 5.75 Å². The van der Waals surface area contributed by atoms with Crippen molar-refractivity contribution in [3.63, 3.8) is 0 Å². The lowest BCUT2D eigenvalue weighted by atomic mass is 9.91. The van der Waals surface area contributed by atoms with Crippen molar-refractivity contribution < 1.29 is 19.5 Å². The van der Waals surface area contributed by atoms with Crippen molar-refractivity contribution in [2.45, 2.75) is 57.7 Å². The minimum absolute atomic E-state index is 0.407. The molecule has 2 unspecified atom stereocenters. The van der Waals surface area contributed by atoms with Gasteiger partial charge in [0.1, 0.15) is 11.9 Å². The normalized spacial score (nSPS) is 18.9. The van der Waals surface area contributed by atoms with Crippen LogP contribution in [0.4, 0.5) is 5.82 Å². The van der Waals surface area contributed by atoms with Crippen molar-refractivity contribution in [3.05, 3.63) is 40.7 Å². The zero-order valence-electron chi connectivity index (χ0n) is 19.4. The molecule has 1 saturated heterocycles. The minimum atomic E-state index is -1.10. The zero-order chi connectivity index (χ0) is 23.7. The van der Waals surface area contributed by atoms with Crippen molar-refractivity contribution in [1.82, 2.24) is 15.4 Å². The van der Waals surface area contributed by atoms with E-state index in [1.54, 1.807) is 13.0 Å². The molecule has 3 aromatic rings. The summed E-state index contributed by atoms with van der Waals surface area (Å²) in [6.07, 6.45) is 4.26. The van der Waals surface area contributed by atoms with Crippen LogP contribution in [0.1, 0.15) is 56.4 Å². The molecule has 3 heterocycles. The highest BCUT2D eigenvalue weighted by molar-refractivity contribution is 6.29. The fraction of sp³-hybridized carbons (Fsp3) is 0.560. The first-order valence-corrected chi connectivity index (χ1v) is 12.5. The molecule has 182 valence electrons. The Labute approximate surface area is 203 Å². The van der Waals surface area contributed by atoms with Crippen molar-refractivity contribution in [2.75, 3.05) is 24.6 Å². The second-order valence-electron chi connectivity index (χ2n) is 9.61. The second kappa shape index (κ2) is 10.1. The fourth-order valence-corrected chi connectivity index (χ4v) is 4.75. The molecular formula is C25H31ClN4O4. The number of nitrogens with zero attached hydrogens (tertiary/aromatic N) is 4. The van der Waals surface area contributed by atoms with Gasteiger partial charge >= 0.3 is 0 Å². The number of hydrogen-bond donors (Lipinski definition) is 2. The third kappa shape index (κ3) is 5.14. The third-order valence-corrected chi connectivity index (χ3v) is 7.19. The predicted octanol–water partition coefficient (Wildman–Crippen LogP) is 4.32. The number of piperidine rings is 1. The molecule has 2 aliphatic rings. The number of halogens is 1. The van der Waals surface area contributed by atoms with Gasteiger partial charge in [-0.05, 0) is 81.5 Å². The number of ether oxygens (including phenoxy) is 1. The molecule has 0 radical (unpaired) electrons. The van der Waals surface area contributed by atoms with E-state index >= 15 is 0 Å². The largest absolute Gasteiger partial charge is 0.493 e. The molecule has 2 fully saturated rings. The van der Waals surface area contributed by atoms with Gasteiger partial charge in [-0.1, -0.05) is 16.8 Å². The molecule has 9 heteroatoms. The summed E-state index contributed by atoms with van der Waals surface area (Å²) in [7, 11) is 0. The number of rotatable bonds is 9. The maximum absolute atomic E-state index is 10.7. The van der Waals surface area contributed by atoms with Gasteiger partial charge in [-0.3, -0.25) is 0 Å². The van der Waals surface area contributed by atoms with Crippen LogP contribution >= 0.6 is 11.6 Å². The average Bonchev–Trinajstić information content (AvgIpc) is 3.59. The van der Waals surface area contributed by atoms with Crippen LogP contribution in [-0.4, -0.2) is 51.4 Å². The van der Waals surface area contributed by atoms with Gasteiger partial charge in [0, 0.05) is 18.5 Å². The van der Waals surface area contributed by atoms with Crippen LogP contribution in [0.3, 0.4) is 0 Å². The Morgan fingerprint density at radius 1 is 1.09 bits per heavy atom. The third-order valence-electron chi connectivity index (χ3n) is 6.98. The van der Waals surface area contributed by atoms with Gasteiger partial charge in [0.15, 0.2) is 16.6 Å². The quantitative estimate of drug-likeness (QED) is 0.460. The van der Waals surface area contributed by atoms with Crippen LogP contribution in [0.2, 0.25) is 5.15 Å². The average molecular weight is 487 g/mol. The van der Waals surface area contributed by atoms with E-state index in [9.17, 15) is 10.2 Å². The molecule has 2 N–H and O–H groups in total. The Morgan fingerprint density at radius 2 is 1.88 bits per heavy atom. The number of aromatic nitrogens is 3. The summed E-state index contributed by atoms with van der Waals surface area (Å²) in [6.45, 7) is 4.06. The molecule has 5 rings (SSSR count). The lowest BCUT2D eigenvalue weighted by Crippen LogP contribution is -2.34. The highest BCUT2D eigenvalue weighted by Crippen LogP contribution is 2.38. The Bertz CT molecular complexity index is 1110. The van der Waals surface area contributed by atoms with Crippen LogP contribution in [0, 0.1) is 11.8 Å². The molecule has 8 nitrogen and oxygen atoms in total. The lowest BCUT2D eigenvalue weighted by Gasteiger charge is -2.32. The van der Waals surface area contributed by atoms with Crippen LogP contribution in [0.5, 0.6) is 5.75 Å².